The summed E-state index contributed by atoms with van der Waals surface area (Å²) in [6.07, 6.45) is 4.53. The molecule has 0 N–H and O–H groups in total. The molecule has 2 nitrogen and oxygen atoms in total. The van der Waals surface area contributed by atoms with Crippen molar-refractivity contribution in [1.29, 1.82) is 0 Å². The predicted octanol–water partition coefficient (Wildman–Crippen LogP) is 19.2. The Labute approximate surface area is 431 Å². The molecule has 0 unspecified atom stereocenters. The first-order chi connectivity index (χ1) is 36.2. The molecule has 2 aliphatic rings. The minimum atomic E-state index is -0.160. The normalized spacial score (nSPS) is 14.1. The van der Waals surface area contributed by atoms with Crippen LogP contribution in [0.4, 0.5) is 0 Å². The zero-order chi connectivity index (χ0) is 49.5. The number of fused-ring (bicyclic) bond motifs is 13. The fraction of sp³-hybridized carbons (Fsp3) is 0.0833. The standard InChI is InChI=1S/C72H52N2/c1-71(2)63-38-46(23-22-45-24-27-48(28-25-45)50-31-36-69-61(40-50)57-18-10-12-20-67(57)73(69)53-16-6-5-7-17-53)26-34-55(63)59-43-66-60(44-65(59)71)56-35-30-52(42-64(56)72(66,3)4)51-32-37-70-62(41-51)58-19-11-13-21-68(58)74(70)54-33-29-47-14-8-9-15-49(47)39-54/h5-44H,1-4H3/b23-22+. The molecule has 0 saturated heterocycles. The molecule has 0 aliphatic heterocycles. The average Bonchev–Trinajstić information content (AvgIpc) is 4.17. The van der Waals surface area contributed by atoms with E-state index in [4.69, 9.17) is 0 Å². The summed E-state index contributed by atoms with van der Waals surface area (Å²) in [7, 11) is 0. The van der Waals surface area contributed by atoms with Gasteiger partial charge in [-0.2, -0.15) is 0 Å². The fourth-order valence-corrected chi connectivity index (χ4v) is 13.0. The van der Waals surface area contributed by atoms with E-state index in [-0.39, 0.29) is 10.8 Å². The molecular weight excluding hydrogens is 893 g/mol. The van der Waals surface area contributed by atoms with Crippen molar-refractivity contribution in [2.45, 2.75) is 38.5 Å². The van der Waals surface area contributed by atoms with Crippen LogP contribution >= 0.6 is 0 Å². The van der Waals surface area contributed by atoms with E-state index < -0.39 is 0 Å². The van der Waals surface area contributed by atoms with E-state index in [1.54, 1.807) is 0 Å². The summed E-state index contributed by atoms with van der Waals surface area (Å²) >= 11 is 0. The highest BCUT2D eigenvalue weighted by Gasteiger charge is 2.42. The molecule has 11 aromatic carbocycles. The van der Waals surface area contributed by atoms with Crippen molar-refractivity contribution in [3.8, 4) is 55.9 Å². The summed E-state index contributed by atoms with van der Waals surface area (Å²) in [5, 5.41) is 7.58. The summed E-state index contributed by atoms with van der Waals surface area (Å²) in [4.78, 5) is 0. The largest absolute Gasteiger partial charge is 0.309 e. The van der Waals surface area contributed by atoms with Gasteiger partial charge in [-0.05, 0) is 168 Å². The predicted molar refractivity (Wildman–Crippen MR) is 314 cm³/mol. The van der Waals surface area contributed by atoms with E-state index in [0.29, 0.717) is 0 Å². The number of aromatic nitrogens is 2. The number of rotatable bonds is 6. The SMILES string of the molecule is CC1(C)c2cc(/C=C/c3ccc(-c4ccc5c(c4)c4ccccc4n5-c4ccccc4)cc3)ccc2-c2cc3c(cc21)-c1ccc(-c2ccc4c(c2)c2ccccc2n4-c2ccc4ccccc4c2)cc1C3(C)C. The van der Waals surface area contributed by atoms with Gasteiger partial charge in [0, 0.05) is 43.7 Å². The van der Waals surface area contributed by atoms with Crippen LogP contribution in [-0.4, -0.2) is 9.13 Å². The smallest absolute Gasteiger partial charge is 0.0541 e. The van der Waals surface area contributed by atoms with Crippen LogP contribution in [0.1, 0.15) is 61.1 Å². The third-order valence-electron chi connectivity index (χ3n) is 16.9. The van der Waals surface area contributed by atoms with Crippen molar-refractivity contribution in [2.24, 2.45) is 0 Å². The zero-order valence-electron chi connectivity index (χ0n) is 42.0. The highest BCUT2D eigenvalue weighted by molar-refractivity contribution is 6.12. The van der Waals surface area contributed by atoms with Crippen molar-refractivity contribution < 1.29 is 0 Å². The fourth-order valence-electron chi connectivity index (χ4n) is 13.0. The van der Waals surface area contributed by atoms with Crippen LogP contribution in [0.3, 0.4) is 0 Å². The monoisotopic (exact) mass is 944 g/mol. The Balaban J connectivity index is 0.713. The molecule has 2 heterocycles. The van der Waals surface area contributed by atoms with E-state index in [1.807, 2.05) is 0 Å². The Bertz CT molecular complexity index is 4520. The van der Waals surface area contributed by atoms with E-state index in [9.17, 15) is 0 Å². The van der Waals surface area contributed by atoms with Gasteiger partial charge in [0.1, 0.15) is 0 Å². The first-order valence-electron chi connectivity index (χ1n) is 26.1. The maximum absolute atomic E-state index is 2.53. The lowest BCUT2D eigenvalue weighted by Crippen LogP contribution is -2.17. The second-order valence-electron chi connectivity index (χ2n) is 21.8. The van der Waals surface area contributed by atoms with Crippen LogP contribution < -0.4 is 0 Å². The molecule has 0 fully saturated rings. The number of para-hydroxylation sites is 3. The molecule has 0 spiro atoms. The van der Waals surface area contributed by atoms with E-state index >= 15 is 0 Å². The van der Waals surface area contributed by atoms with Gasteiger partial charge >= 0.3 is 0 Å². The van der Waals surface area contributed by atoms with Crippen LogP contribution in [-0.2, 0) is 10.8 Å². The first kappa shape index (κ1) is 42.7. The number of hydrogen-bond acceptors (Lipinski definition) is 0. The van der Waals surface area contributed by atoms with Crippen LogP contribution in [0.2, 0.25) is 0 Å². The van der Waals surface area contributed by atoms with Gasteiger partial charge in [-0.3, -0.25) is 0 Å². The summed E-state index contributed by atoms with van der Waals surface area (Å²) in [5.41, 5.74) is 25.3. The van der Waals surface area contributed by atoms with Crippen molar-refractivity contribution >= 4 is 66.5 Å². The Kier molecular flexibility index (Phi) is 9.09. The van der Waals surface area contributed by atoms with Crippen LogP contribution in [0.15, 0.2) is 231 Å². The lowest BCUT2D eigenvalue weighted by Gasteiger charge is -2.24. The lowest BCUT2D eigenvalue weighted by molar-refractivity contribution is 0.652. The van der Waals surface area contributed by atoms with Crippen molar-refractivity contribution in [3.63, 3.8) is 0 Å². The van der Waals surface area contributed by atoms with Gasteiger partial charge in [-0.25, -0.2) is 0 Å². The molecule has 2 heteroatoms. The third-order valence-corrected chi connectivity index (χ3v) is 16.9. The maximum atomic E-state index is 2.53. The van der Waals surface area contributed by atoms with Crippen LogP contribution in [0.5, 0.6) is 0 Å². The van der Waals surface area contributed by atoms with Crippen molar-refractivity contribution in [3.05, 3.63) is 264 Å². The molecule has 2 aromatic heterocycles. The molecule has 74 heavy (non-hydrogen) atoms. The molecule has 0 saturated carbocycles. The molecule has 0 bridgehead atoms. The van der Waals surface area contributed by atoms with E-state index in [0.717, 1.165) is 0 Å². The van der Waals surface area contributed by atoms with Gasteiger partial charge < -0.3 is 9.13 Å². The van der Waals surface area contributed by atoms with Crippen molar-refractivity contribution in [2.75, 3.05) is 0 Å². The molecular formula is C72H52N2. The Morgan fingerprint density at radius 2 is 0.743 bits per heavy atom. The van der Waals surface area contributed by atoms with Gasteiger partial charge in [0.2, 0.25) is 0 Å². The summed E-state index contributed by atoms with van der Waals surface area (Å²) in [6, 6.07) is 86.0. The lowest BCUT2D eigenvalue weighted by atomic mass is 9.79. The molecule has 13 aromatic rings. The van der Waals surface area contributed by atoms with Crippen LogP contribution in [0, 0.1) is 0 Å². The van der Waals surface area contributed by atoms with Crippen LogP contribution in [0.25, 0.3) is 122 Å². The second-order valence-corrected chi connectivity index (χ2v) is 21.8. The molecule has 0 amide bonds. The number of nitrogens with zero attached hydrogens (tertiary/aromatic N) is 2. The summed E-state index contributed by atoms with van der Waals surface area (Å²) < 4.78 is 4.80. The highest BCUT2D eigenvalue weighted by atomic mass is 15.0. The Morgan fingerprint density at radius 3 is 1.41 bits per heavy atom. The summed E-state index contributed by atoms with van der Waals surface area (Å²) in [6.45, 7) is 9.65. The highest BCUT2D eigenvalue weighted by Crippen LogP contribution is 2.57. The van der Waals surface area contributed by atoms with Gasteiger partial charge in [0.15, 0.2) is 0 Å². The molecule has 0 radical (unpaired) electrons. The second kappa shape index (κ2) is 15.8. The quantitative estimate of drug-likeness (QED) is 0.147. The molecule has 15 rings (SSSR count). The third kappa shape index (κ3) is 6.31. The maximum Gasteiger partial charge on any atom is 0.0541 e. The van der Waals surface area contributed by atoms with E-state index in [2.05, 4.69) is 280 Å². The molecule has 2 aliphatic carbocycles. The van der Waals surface area contributed by atoms with Gasteiger partial charge in [-0.15, -0.1) is 0 Å². The number of benzene rings is 11. The first-order valence-corrected chi connectivity index (χ1v) is 26.1. The zero-order valence-corrected chi connectivity index (χ0v) is 42.0. The average molecular weight is 945 g/mol. The van der Waals surface area contributed by atoms with Gasteiger partial charge in [-0.1, -0.05) is 192 Å². The molecule has 350 valence electrons. The van der Waals surface area contributed by atoms with Gasteiger partial charge in [0.25, 0.3) is 0 Å². The molecule has 0 atom stereocenters. The summed E-state index contributed by atoms with van der Waals surface area (Å²) in [5.74, 6) is 0. The Hall–Kier alpha value is -8.98. The van der Waals surface area contributed by atoms with Crippen molar-refractivity contribution in [1.82, 2.24) is 9.13 Å². The Morgan fingerprint density at radius 1 is 0.284 bits per heavy atom. The number of hydrogen-bond donors (Lipinski definition) is 0. The minimum Gasteiger partial charge on any atom is -0.309 e. The van der Waals surface area contributed by atoms with Gasteiger partial charge in [0.05, 0.1) is 22.1 Å². The topological polar surface area (TPSA) is 9.86 Å². The van der Waals surface area contributed by atoms with E-state index in [1.165, 1.54) is 144 Å². The minimum absolute atomic E-state index is 0.145.